The van der Waals surface area contributed by atoms with Crippen LogP contribution < -0.4 is 10.6 Å². The van der Waals surface area contributed by atoms with E-state index in [2.05, 4.69) is 36.6 Å². The Morgan fingerprint density at radius 2 is 1.85 bits per heavy atom. The molecule has 0 spiro atoms. The molecular weight excluding hydrogens is 416 g/mol. The minimum Gasteiger partial charge on any atom is -0.481 e. The SMILES string of the molecule is Cc1ccc2oc(C(Nc3ccccc3C(=O)NCCC(=O)O)C3CCCCC3)c(C)c2c1. The molecule has 1 atom stereocenters. The van der Waals surface area contributed by atoms with Crippen LogP contribution >= 0.6 is 0 Å². The van der Waals surface area contributed by atoms with Gasteiger partial charge in [-0.05, 0) is 56.9 Å². The molecule has 3 aromatic rings. The van der Waals surface area contributed by atoms with E-state index in [1.165, 1.54) is 24.8 Å². The third-order valence-electron chi connectivity index (χ3n) is 6.64. The smallest absolute Gasteiger partial charge is 0.305 e. The zero-order chi connectivity index (χ0) is 23.4. The summed E-state index contributed by atoms with van der Waals surface area (Å²) in [5.41, 5.74) is 4.46. The van der Waals surface area contributed by atoms with E-state index in [-0.39, 0.29) is 24.9 Å². The number of aryl methyl sites for hydroxylation is 2. The second-order valence-electron chi connectivity index (χ2n) is 9.06. The summed E-state index contributed by atoms with van der Waals surface area (Å²) < 4.78 is 6.40. The molecule has 6 nitrogen and oxygen atoms in total. The molecule has 1 unspecified atom stereocenters. The molecule has 1 heterocycles. The van der Waals surface area contributed by atoms with E-state index in [0.717, 1.165) is 40.8 Å². The topological polar surface area (TPSA) is 91.6 Å². The Labute approximate surface area is 194 Å². The number of anilines is 1. The van der Waals surface area contributed by atoms with E-state index in [9.17, 15) is 9.59 Å². The molecule has 1 aliphatic rings. The summed E-state index contributed by atoms with van der Waals surface area (Å²) in [6, 6.07) is 13.6. The average Bonchev–Trinajstić information content (AvgIpc) is 3.13. The number of carboxylic acids is 1. The van der Waals surface area contributed by atoms with Crippen LogP contribution in [0.15, 0.2) is 46.9 Å². The largest absolute Gasteiger partial charge is 0.481 e. The Balaban J connectivity index is 1.67. The molecule has 174 valence electrons. The second kappa shape index (κ2) is 10.1. The fraction of sp³-hybridized carbons (Fsp3) is 0.407. The van der Waals surface area contributed by atoms with Gasteiger partial charge in [-0.25, -0.2) is 0 Å². The Kier molecular flexibility index (Phi) is 7.02. The first-order valence-corrected chi connectivity index (χ1v) is 11.8. The van der Waals surface area contributed by atoms with Gasteiger partial charge in [0, 0.05) is 23.2 Å². The van der Waals surface area contributed by atoms with Gasteiger partial charge in [0.25, 0.3) is 5.91 Å². The zero-order valence-corrected chi connectivity index (χ0v) is 19.3. The summed E-state index contributed by atoms with van der Waals surface area (Å²) in [4.78, 5) is 23.6. The molecule has 3 N–H and O–H groups in total. The number of fused-ring (bicyclic) bond motifs is 1. The maximum Gasteiger partial charge on any atom is 0.305 e. The minimum absolute atomic E-state index is 0.0500. The van der Waals surface area contributed by atoms with Crippen molar-refractivity contribution in [3.63, 3.8) is 0 Å². The van der Waals surface area contributed by atoms with Crippen LogP contribution in [0, 0.1) is 19.8 Å². The first-order valence-electron chi connectivity index (χ1n) is 11.8. The van der Waals surface area contributed by atoms with Crippen molar-refractivity contribution in [1.82, 2.24) is 5.32 Å². The number of benzene rings is 2. The number of aliphatic carboxylic acids is 1. The summed E-state index contributed by atoms with van der Waals surface area (Å²) >= 11 is 0. The molecule has 0 radical (unpaired) electrons. The normalized spacial score (nSPS) is 15.3. The number of hydrogen-bond donors (Lipinski definition) is 3. The van der Waals surface area contributed by atoms with Crippen molar-refractivity contribution in [3.8, 4) is 0 Å². The highest BCUT2D eigenvalue weighted by molar-refractivity contribution is 5.99. The van der Waals surface area contributed by atoms with Crippen LogP contribution in [0.2, 0.25) is 0 Å². The van der Waals surface area contributed by atoms with E-state index in [0.29, 0.717) is 11.5 Å². The van der Waals surface area contributed by atoms with Crippen molar-refractivity contribution in [2.45, 2.75) is 58.4 Å². The Bertz CT molecular complexity index is 1140. The van der Waals surface area contributed by atoms with Crippen molar-refractivity contribution in [3.05, 3.63) is 64.9 Å². The van der Waals surface area contributed by atoms with Crippen LogP contribution in [0.1, 0.15) is 71.8 Å². The van der Waals surface area contributed by atoms with Crippen LogP contribution in [0.4, 0.5) is 5.69 Å². The summed E-state index contributed by atoms with van der Waals surface area (Å²) in [5, 5.41) is 16.4. The van der Waals surface area contributed by atoms with Crippen molar-refractivity contribution < 1.29 is 19.1 Å². The molecule has 0 bridgehead atoms. The number of nitrogens with one attached hydrogen (secondary N) is 2. The Morgan fingerprint density at radius 1 is 1.09 bits per heavy atom. The van der Waals surface area contributed by atoms with Gasteiger partial charge in [0.05, 0.1) is 18.0 Å². The molecule has 33 heavy (non-hydrogen) atoms. The molecule has 1 fully saturated rings. The fourth-order valence-corrected chi connectivity index (χ4v) is 4.87. The third kappa shape index (κ3) is 5.21. The first-order chi connectivity index (χ1) is 15.9. The van der Waals surface area contributed by atoms with E-state index < -0.39 is 5.97 Å². The number of hydrogen-bond acceptors (Lipinski definition) is 4. The second-order valence-corrected chi connectivity index (χ2v) is 9.06. The third-order valence-corrected chi connectivity index (χ3v) is 6.64. The van der Waals surface area contributed by atoms with Gasteiger partial charge >= 0.3 is 5.97 Å². The number of carbonyl (C=O) groups excluding carboxylic acids is 1. The van der Waals surface area contributed by atoms with Gasteiger partial charge in [0.1, 0.15) is 11.3 Å². The lowest BCUT2D eigenvalue weighted by atomic mass is 9.82. The fourth-order valence-electron chi connectivity index (χ4n) is 4.87. The van der Waals surface area contributed by atoms with Gasteiger partial charge < -0.3 is 20.2 Å². The van der Waals surface area contributed by atoms with E-state index in [4.69, 9.17) is 9.52 Å². The van der Waals surface area contributed by atoms with Crippen LogP contribution in [-0.4, -0.2) is 23.5 Å². The molecule has 1 amide bonds. The van der Waals surface area contributed by atoms with E-state index in [1.807, 2.05) is 24.3 Å². The highest BCUT2D eigenvalue weighted by atomic mass is 16.4. The Hall–Kier alpha value is -3.28. The lowest BCUT2D eigenvalue weighted by Gasteiger charge is -2.31. The monoisotopic (exact) mass is 448 g/mol. The predicted molar refractivity (Wildman–Crippen MR) is 130 cm³/mol. The number of rotatable bonds is 8. The molecule has 2 aromatic carbocycles. The van der Waals surface area contributed by atoms with Gasteiger partial charge in [-0.3, -0.25) is 9.59 Å². The number of carbonyl (C=O) groups is 2. The lowest BCUT2D eigenvalue weighted by Crippen LogP contribution is -2.28. The zero-order valence-electron chi connectivity index (χ0n) is 19.3. The van der Waals surface area contributed by atoms with E-state index >= 15 is 0 Å². The molecule has 1 aliphatic carbocycles. The number of amides is 1. The first kappa shape index (κ1) is 22.9. The van der Waals surface area contributed by atoms with Gasteiger partial charge in [0.15, 0.2) is 0 Å². The molecule has 1 aromatic heterocycles. The molecule has 1 saturated carbocycles. The molecule has 6 heteroatoms. The summed E-state index contributed by atoms with van der Waals surface area (Å²) in [5.74, 6) is 0.124. The van der Waals surface area contributed by atoms with Crippen LogP contribution in [0.5, 0.6) is 0 Å². The van der Waals surface area contributed by atoms with Gasteiger partial charge in [-0.1, -0.05) is 43.0 Å². The number of para-hydroxylation sites is 1. The molecule has 0 saturated heterocycles. The van der Waals surface area contributed by atoms with Crippen molar-refractivity contribution >= 4 is 28.5 Å². The highest BCUT2D eigenvalue weighted by Crippen LogP contribution is 2.41. The molecule has 0 aliphatic heterocycles. The summed E-state index contributed by atoms with van der Waals surface area (Å²) in [6.07, 6.45) is 5.76. The predicted octanol–water partition coefficient (Wildman–Crippen LogP) is 5.99. The number of furan rings is 1. The standard InChI is InChI=1S/C27H32N2O4/c1-17-12-13-23-21(16-17)18(2)26(33-23)25(19-8-4-3-5-9-19)29-22-11-7-6-10-20(22)27(32)28-15-14-24(30)31/h6-7,10-13,16,19,25,29H,3-5,8-9,14-15H2,1-2H3,(H,28,32)(H,30,31). The Morgan fingerprint density at radius 3 is 2.61 bits per heavy atom. The van der Waals surface area contributed by atoms with Gasteiger partial charge in [0.2, 0.25) is 0 Å². The minimum atomic E-state index is -0.935. The maximum atomic E-state index is 12.8. The van der Waals surface area contributed by atoms with Crippen LogP contribution in [0.3, 0.4) is 0 Å². The van der Waals surface area contributed by atoms with E-state index in [1.54, 1.807) is 6.07 Å². The van der Waals surface area contributed by atoms with Crippen molar-refractivity contribution in [2.24, 2.45) is 5.92 Å². The quantitative estimate of drug-likeness (QED) is 0.394. The molecule has 4 rings (SSSR count). The van der Waals surface area contributed by atoms with Crippen molar-refractivity contribution in [1.29, 1.82) is 0 Å². The maximum absolute atomic E-state index is 12.8. The van der Waals surface area contributed by atoms with Crippen LogP contribution in [0.25, 0.3) is 11.0 Å². The summed E-state index contributed by atoms with van der Waals surface area (Å²) in [6.45, 7) is 4.29. The molecular formula is C27H32N2O4. The van der Waals surface area contributed by atoms with Crippen LogP contribution in [-0.2, 0) is 4.79 Å². The van der Waals surface area contributed by atoms with Gasteiger partial charge in [-0.2, -0.15) is 0 Å². The average molecular weight is 449 g/mol. The van der Waals surface area contributed by atoms with Gasteiger partial charge in [-0.15, -0.1) is 0 Å². The highest BCUT2D eigenvalue weighted by Gasteiger charge is 2.30. The number of carboxylic acid groups (broad SMARTS) is 1. The lowest BCUT2D eigenvalue weighted by molar-refractivity contribution is -0.136. The summed E-state index contributed by atoms with van der Waals surface area (Å²) in [7, 11) is 0. The van der Waals surface area contributed by atoms with Crippen molar-refractivity contribution in [2.75, 3.05) is 11.9 Å².